The van der Waals surface area contributed by atoms with Crippen LogP contribution in [0.4, 0.5) is 0 Å². The normalized spacial score (nSPS) is 11.0. The summed E-state index contributed by atoms with van der Waals surface area (Å²) in [6, 6.07) is 36.6. The molecular weight excluding hydrogens is 488 g/mol. The van der Waals surface area contributed by atoms with E-state index in [9.17, 15) is 4.79 Å². The van der Waals surface area contributed by atoms with Gasteiger partial charge >= 0.3 is 5.97 Å². The minimum absolute atomic E-state index is 0.373. The fourth-order valence-electron chi connectivity index (χ4n) is 3.97. The van der Waals surface area contributed by atoms with E-state index in [0.717, 1.165) is 32.3 Å². The van der Waals surface area contributed by atoms with Crippen molar-refractivity contribution in [2.45, 2.75) is 22.6 Å². The lowest BCUT2D eigenvalue weighted by Crippen LogP contribution is -2.21. The Morgan fingerprint density at radius 3 is 1.89 bits per heavy atom. The summed E-state index contributed by atoms with van der Waals surface area (Å²) >= 11 is 7.58. The van der Waals surface area contributed by atoms with E-state index in [2.05, 4.69) is 0 Å². The zero-order valence-electron chi connectivity index (χ0n) is 19.5. The van der Waals surface area contributed by atoms with Gasteiger partial charge in [0.2, 0.25) is 5.88 Å². The van der Waals surface area contributed by atoms with E-state index in [1.54, 1.807) is 4.68 Å². The van der Waals surface area contributed by atoms with Gasteiger partial charge in [-0.05, 0) is 54.4 Å². The SMILES string of the molecule is Cc1nn(-c2ccccc2)c(OC(=O)C(c2ccccc2)c2ccccc2)c1Sc1ccc(Cl)cc1. The number of hydrogen-bond donors (Lipinski definition) is 0. The number of nitrogens with zero attached hydrogens (tertiary/aromatic N) is 2. The fourth-order valence-corrected chi connectivity index (χ4v) is 5.01. The first-order valence-electron chi connectivity index (χ1n) is 11.5. The minimum Gasteiger partial charge on any atom is -0.405 e. The summed E-state index contributed by atoms with van der Waals surface area (Å²) in [4.78, 5) is 15.6. The topological polar surface area (TPSA) is 44.1 Å². The second-order valence-electron chi connectivity index (χ2n) is 8.20. The maximum atomic E-state index is 13.9. The van der Waals surface area contributed by atoms with E-state index in [1.165, 1.54) is 11.8 Å². The van der Waals surface area contributed by atoms with Crippen molar-refractivity contribution in [1.29, 1.82) is 0 Å². The Hall–Kier alpha value is -3.80. The van der Waals surface area contributed by atoms with Crippen LogP contribution in [0.5, 0.6) is 5.88 Å². The van der Waals surface area contributed by atoms with Gasteiger partial charge in [-0.1, -0.05) is 102 Å². The number of para-hydroxylation sites is 1. The highest BCUT2D eigenvalue weighted by molar-refractivity contribution is 7.99. The molecule has 0 amide bonds. The number of rotatable bonds is 7. The molecule has 0 saturated carbocycles. The number of halogens is 1. The van der Waals surface area contributed by atoms with Gasteiger partial charge in [0.25, 0.3) is 0 Å². The third-order valence-corrected chi connectivity index (χ3v) is 7.13. The zero-order chi connectivity index (χ0) is 24.9. The molecule has 0 bridgehead atoms. The molecule has 4 nitrogen and oxygen atoms in total. The van der Waals surface area contributed by atoms with Crippen molar-refractivity contribution in [1.82, 2.24) is 9.78 Å². The second-order valence-corrected chi connectivity index (χ2v) is 9.72. The molecule has 178 valence electrons. The van der Waals surface area contributed by atoms with Crippen molar-refractivity contribution in [2.24, 2.45) is 0 Å². The molecule has 0 fully saturated rings. The van der Waals surface area contributed by atoms with Crippen LogP contribution in [0, 0.1) is 6.92 Å². The molecule has 4 aromatic carbocycles. The number of aryl methyl sites for hydroxylation is 1. The molecule has 6 heteroatoms. The average Bonchev–Trinajstić information content (AvgIpc) is 3.22. The maximum absolute atomic E-state index is 13.9. The van der Waals surface area contributed by atoms with Crippen LogP contribution >= 0.6 is 23.4 Å². The quantitative estimate of drug-likeness (QED) is 0.210. The second kappa shape index (κ2) is 10.9. The first-order valence-corrected chi connectivity index (χ1v) is 12.7. The Labute approximate surface area is 219 Å². The van der Waals surface area contributed by atoms with Crippen LogP contribution < -0.4 is 4.74 Å². The molecule has 0 aliphatic heterocycles. The molecule has 1 aromatic heterocycles. The van der Waals surface area contributed by atoms with Gasteiger partial charge in [-0.2, -0.15) is 9.78 Å². The molecule has 5 rings (SSSR count). The van der Waals surface area contributed by atoms with E-state index in [0.29, 0.717) is 10.9 Å². The van der Waals surface area contributed by atoms with Crippen molar-refractivity contribution in [3.63, 3.8) is 0 Å². The zero-order valence-corrected chi connectivity index (χ0v) is 21.1. The van der Waals surface area contributed by atoms with Crippen LogP contribution in [0.15, 0.2) is 125 Å². The van der Waals surface area contributed by atoms with Crippen LogP contribution in [-0.2, 0) is 4.79 Å². The highest BCUT2D eigenvalue weighted by Gasteiger charge is 2.29. The highest BCUT2D eigenvalue weighted by Crippen LogP contribution is 2.40. The van der Waals surface area contributed by atoms with Crippen molar-refractivity contribution < 1.29 is 9.53 Å². The van der Waals surface area contributed by atoms with E-state index < -0.39 is 5.92 Å². The monoisotopic (exact) mass is 510 g/mol. The number of esters is 1. The molecule has 5 aromatic rings. The van der Waals surface area contributed by atoms with Crippen molar-refractivity contribution >= 4 is 29.3 Å². The minimum atomic E-state index is -0.583. The molecule has 0 N–H and O–H groups in total. The lowest BCUT2D eigenvalue weighted by Gasteiger charge is -2.18. The molecule has 0 aliphatic rings. The summed E-state index contributed by atoms with van der Waals surface area (Å²) in [6.45, 7) is 1.92. The van der Waals surface area contributed by atoms with E-state index >= 15 is 0 Å². The van der Waals surface area contributed by atoms with Gasteiger partial charge in [0.05, 0.1) is 16.3 Å². The molecule has 0 unspecified atom stereocenters. The predicted octanol–water partition coefficient (Wildman–Crippen LogP) is 7.72. The largest absolute Gasteiger partial charge is 0.405 e. The first kappa shape index (κ1) is 23.9. The number of aromatic nitrogens is 2. The van der Waals surface area contributed by atoms with Crippen LogP contribution in [0.3, 0.4) is 0 Å². The lowest BCUT2D eigenvalue weighted by atomic mass is 9.91. The van der Waals surface area contributed by atoms with E-state index in [4.69, 9.17) is 21.4 Å². The summed E-state index contributed by atoms with van der Waals surface area (Å²) in [5.41, 5.74) is 3.30. The molecule has 0 atom stereocenters. The van der Waals surface area contributed by atoms with Gasteiger partial charge in [0.15, 0.2) is 0 Å². The smallest absolute Gasteiger partial charge is 0.324 e. The highest BCUT2D eigenvalue weighted by atomic mass is 35.5. The van der Waals surface area contributed by atoms with Crippen molar-refractivity contribution in [3.05, 3.63) is 137 Å². The summed E-state index contributed by atoms with van der Waals surface area (Å²) in [5, 5.41) is 5.41. The standard InChI is InChI=1S/C30H23ClN2O2S/c1-21-28(36-26-19-17-24(31)18-20-26)29(33(32-21)25-15-9-4-10-16-25)35-30(34)27(22-11-5-2-6-12-22)23-13-7-3-8-14-23/h2-20,27H,1H3. The molecular formula is C30H23ClN2O2S. The Bertz CT molecular complexity index is 1410. The first-order chi connectivity index (χ1) is 17.6. The fraction of sp³-hybridized carbons (Fsp3) is 0.0667. The summed E-state index contributed by atoms with van der Waals surface area (Å²) in [6.07, 6.45) is 0. The Balaban J connectivity index is 1.58. The molecule has 0 saturated heterocycles. The third-order valence-electron chi connectivity index (χ3n) is 5.70. The number of benzene rings is 4. The van der Waals surface area contributed by atoms with Gasteiger partial charge in [0, 0.05) is 9.92 Å². The Morgan fingerprint density at radius 2 is 1.33 bits per heavy atom. The van der Waals surface area contributed by atoms with Crippen molar-refractivity contribution in [2.75, 3.05) is 0 Å². The third kappa shape index (κ3) is 5.23. The average molecular weight is 511 g/mol. The Morgan fingerprint density at radius 1 is 0.806 bits per heavy atom. The van der Waals surface area contributed by atoms with Crippen LogP contribution in [0.1, 0.15) is 22.7 Å². The van der Waals surface area contributed by atoms with Crippen molar-refractivity contribution in [3.8, 4) is 11.6 Å². The van der Waals surface area contributed by atoms with Crippen LogP contribution in [0.25, 0.3) is 5.69 Å². The molecule has 0 spiro atoms. The van der Waals surface area contributed by atoms with Crippen LogP contribution in [0.2, 0.25) is 5.02 Å². The molecule has 1 heterocycles. The number of hydrogen-bond acceptors (Lipinski definition) is 4. The number of carbonyl (C=O) groups excluding carboxylic acids is 1. The number of carbonyl (C=O) groups is 1. The number of ether oxygens (including phenoxy) is 1. The van der Waals surface area contributed by atoms with E-state index in [-0.39, 0.29) is 5.97 Å². The Kier molecular flexibility index (Phi) is 7.21. The van der Waals surface area contributed by atoms with Gasteiger partial charge in [-0.3, -0.25) is 4.79 Å². The summed E-state index contributed by atoms with van der Waals surface area (Å²) in [7, 11) is 0. The van der Waals surface area contributed by atoms with Gasteiger partial charge in [-0.25, -0.2) is 0 Å². The van der Waals surface area contributed by atoms with Gasteiger partial charge in [0.1, 0.15) is 5.92 Å². The van der Waals surface area contributed by atoms with Gasteiger partial charge < -0.3 is 4.74 Å². The lowest BCUT2D eigenvalue weighted by molar-refractivity contribution is -0.135. The van der Waals surface area contributed by atoms with E-state index in [1.807, 2.05) is 122 Å². The molecule has 0 aliphatic carbocycles. The summed E-state index contributed by atoms with van der Waals surface area (Å²) in [5.74, 6) is -0.567. The van der Waals surface area contributed by atoms with Crippen LogP contribution in [-0.4, -0.2) is 15.7 Å². The molecule has 0 radical (unpaired) electrons. The maximum Gasteiger partial charge on any atom is 0.324 e. The predicted molar refractivity (Wildman–Crippen MR) is 144 cm³/mol. The van der Waals surface area contributed by atoms with Gasteiger partial charge in [-0.15, -0.1) is 0 Å². The molecule has 36 heavy (non-hydrogen) atoms. The summed E-state index contributed by atoms with van der Waals surface area (Å²) < 4.78 is 7.93.